The van der Waals surface area contributed by atoms with Gasteiger partial charge in [-0.1, -0.05) is 11.8 Å². The van der Waals surface area contributed by atoms with Crippen LogP contribution in [0, 0.1) is 0 Å². The predicted molar refractivity (Wildman–Crippen MR) is 106 cm³/mol. The van der Waals surface area contributed by atoms with Gasteiger partial charge in [0.1, 0.15) is 0 Å². The first kappa shape index (κ1) is 19.5. The van der Waals surface area contributed by atoms with Crippen molar-refractivity contribution in [1.82, 2.24) is 24.6 Å². The third kappa shape index (κ3) is 4.42. The summed E-state index contributed by atoms with van der Waals surface area (Å²) in [5, 5.41) is 9.24. The highest BCUT2D eigenvalue weighted by atomic mass is 32.2. The summed E-state index contributed by atoms with van der Waals surface area (Å²) in [7, 11) is 0. The van der Waals surface area contributed by atoms with Crippen LogP contribution in [0.3, 0.4) is 0 Å². The molecule has 1 amide bonds. The molecule has 4 rings (SSSR count). The van der Waals surface area contributed by atoms with Crippen molar-refractivity contribution in [2.75, 3.05) is 45.1 Å². The molecular formula is C19H27N5O3S. The third-order valence-electron chi connectivity index (χ3n) is 5.31. The van der Waals surface area contributed by atoms with Gasteiger partial charge in [0.05, 0.1) is 18.1 Å². The van der Waals surface area contributed by atoms with Gasteiger partial charge in [0.2, 0.25) is 5.91 Å². The minimum absolute atomic E-state index is 0.159. The molecule has 0 N–H and O–H groups in total. The highest BCUT2D eigenvalue weighted by molar-refractivity contribution is 7.99. The molecule has 2 aliphatic rings. The van der Waals surface area contributed by atoms with E-state index in [1.807, 2.05) is 28.5 Å². The van der Waals surface area contributed by atoms with Crippen LogP contribution in [0.5, 0.6) is 0 Å². The van der Waals surface area contributed by atoms with Gasteiger partial charge in [-0.05, 0) is 31.9 Å². The zero-order valence-electron chi connectivity index (χ0n) is 16.2. The highest BCUT2D eigenvalue weighted by Gasteiger charge is 2.25. The van der Waals surface area contributed by atoms with Crippen LogP contribution in [0.2, 0.25) is 0 Å². The first-order chi connectivity index (χ1) is 13.7. The number of ether oxygens (including phenoxy) is 1. The number of piperazine rings is 1. The fraction of sp³-hybridized carbons (Fsp3) is 0.632. The molecule has 2 aromatic heterocycles. The summed E-state index contributed by atoms with van der Waals surface area (Å²) >= 11 is 1.44. The summed E-state index contributed by atoms with van der Waals surface area (Å²) < 4.78 is 13.1. The summed E-state index contributed by atoms with van der Waals surface area (Å²) in [5.74, 6) is 1.93. The number of furan rings is 1. The van der Waals surface area contributed by atoms with E-state index in [2.05, 4.69) is 15.1 Å². The van der Waals surface area contributed by atoms with Crippen molar-refractivity contribution in [3.05, 3.63) is 18.4 Å². The zero-order valence-corrected chi connectivity index (χ0v) is 17.1. The Labute approximate surface area is 169 Å². The molecule has 2 fully saturated rings. The van der Waals surface area contributed by atoms with Crippen molar-refractivity contribution in [2.24, 2.45) is 0 Å². The summed E-state index contributed by atoms with van der Waals surface area (Å²) in [6.45, 7) is 8.05. The van der Waals surface area contributed by atoms with Gasteiger partial charge < -0.3 is 14.1 Å². The Balaban J connectivity index is 1.27. The van der Waals surface area contributed by atoms with Crippen LogP contribution < -0.4 is 0 Å². The smallest absolute Gasteiger partial charge is 0.233 e. The minimum Gasteiger partial charge on any atom is -0.461 e. The second-order valence-corrected chi connectivity index (χ2v) is 8.08. The Morgan fingerprint density at radius 1 is 1.29 bits per heavy atom. The molecule has 0 radical (unpaired) electrons. The van der Waals surface area contributed by atoms with Crippen LogP contribution >= 0.6 is 11.8 Å². The van der Waals surface area contributed by atoms with E-state index in [0.717, 1.165) is 57.5 Å². The lowest BCUT2D eigenvalue weighted by Gasteiger charge is -2.35. The molecule has 0 bridgehead atoms. The maximum atomic E-state index is 12.6. The van der Waals surface area contributed by atoms with Crippen molar-refractivity contribution >= 4 is 17.7 Å². The van der Waals surface area contributed by atoms with Crippen molar-refractivity contribution in [2.45, 2.75) is 37.6 Å². The zero-order chi connectivity index (χ0) is 19.3. The second kappa shape index (κ2) is 9.11. The quantitative estimate of drug-likeness (QED) is 0.652. The van der Waals surface area contributed by atoms with Gasteiger partial charge in [0.25, 0.3) is 0 Å². The Morgan fingerprint density at radius 3 is 2.82 bits per heavy atom. The summed E-state index contributed by atoms with van der Waals surface area (Å²) in [5.41, 5.74) is 0. The van der Waals surface area contributed by atoms with Gasteiger partial charge in [-0.15, -0.1) is 10.2 Å². The van der Waals surface area contributed by atoms with E-state index in [9.17, 15) is 4.79 Å². The van der Waals surface area contributed by atoms with Crippen molar-refractivity contribution in [3.8, 4) is 11.6 Å². The number of aromatic nitrogens is 3. The lowest BCUT2D eigenvalue weighted by molar-refractivity contribution is -0.130. The first-order valence-corrected chi connectivity index (χ1v) is 10.9. The molecule has 2 aromatic rings. The van der Waals surface area contributed by atoms with Crippen LogP contribution in [0.15, 0.2) is 28.0 Å². The Bertz CT molecular complexity index is 765. The molecule has 1 atom stereocenters. The number of nitrogens with zero attached hydrogens (tertiary/aromatic N) is 5. The fourth-order valence-electron chi connectivity index (χ4n) is 3.74. The topological polar surface area (TPSA) is 76.6 Å². The van der Waals surface area contributed by atoms with Gasteiger partial charge in [-0.3, -0.25) is 14.3 Å². The lowest BCUT2D eigenvalue weighted by atomic mass is 10.2. The van der Waals surface area contributed by atoms with Crippen LogP contribution in [-0.2, 0) is 16.1 Å². The summed E-state index contributed by atoms with van der Waals surface area (Å²) in [6.07, 6.45) is 4.33. The maximum Gasteiger partial charge on any atom is 0.233 e. The van der Waals surface area contributed by atoms with Gasteiger partial charge in [-0.2, -0.15) is 0 Å². The predicted octanol–water partition coefficient (Wildman–Crippen LogP) is 1.97. The van der Waals surface area contributed by atoms with Crippen molar-refractivity contribution in [3.63, 3.8) is 0 Å². The molecule has 152 valence electrons. The van der Waals surface area contributed by atoms with E-state index in [0.29, 0.717) is 23.4 Å². The summed E-state index contributed by atoms with van der Waals surface area (Å²) in [6, 6.07) is 3.70. The SMILES string of the molecule is CCn1c(SCC(=O)N2CCN(CC3CCCO3)CC2)nnc1-c1ccco1. The molecule has 9 heteroatoms. The van der Waals surface area contributed by atoms with Crippen molar-refractivity contribution in [1.29, 1.82) is 0 Å². The third-order valence-corrected chi connectivity index (χ3v) is 6.26. The fourth-order valence-corrected chi connectivity index (χ4v) is 4.65. The van der Waals surface area contributed by atoms with E-state index in [-0.39, 0.29) is 5.91 Å². The monoisotopic (exact) mass is 405 g/mol. The van der Waals surface area contributed by atoms with Gasteiger partial charge in [0.15, 0.2) is 16.7 Å². The molecule has 28 heavy (non-hydrogen) atoms. The Hall–Kier alpha value is -1.84. The molecule has 0 aliphatic carbocycles. The molecule has 0 saturated carbocycles. The first-order valence-electron chi connectivity index (χ1n) is 9.96. The summed E-state index contributed by atoms with van der Waals surface area (Å²) in [4.78, 5) is 17.0. The molecule has 8 nitrogen and oxygen atoms in total. The number of thioether (sulfide) groups is 1. The van der Waals surface area contributed by atoms with Gasteiger partial charge in [0, 0.05) is 45.9 Å². The van der Waals surface area contributed by atoms with Crippen LogP contribution in [0.1, 0.15) is 19.8 Å². The highest BCUT2D eigenvalue weighted by Crippen LogP contribution is 2.24. The number of carbonyl (C=O) groups excluding carboxylic acids is 1. The minimum atomic E-state index is 0.159. The molecule has 4 heterocycles. The second-order valence-electron chi connectivity index (χ2n) is 7.13. The van der Waals surface area contributed by atoms with Crippen LogP contribution in [0.25, 0.3) is 11.6 Å². The molecule has 0 spiro atoms. The average molecular weight is 406 g/mol. The van der Waals surface area contributed by atoms with E-state index in [1.54, 1.807) is 6.26 Å². The van der Waals surface area contributed by atoms with Crippen LogP contribution in [0.4, 0.5) is 0 Å². The van der Waals surface area contributed by atoms with E-state index in [4.69, 9.17) is 9.15 Å². The average Bonchev–Trinajstić information content (AvgIpc) is 3.47. The molecular weight excluding hydrogens is 378 g/mol. The number of amides is 1. The maximum absolute atomic E-state index is 12.6. The standard InChI is InChI=1S/C19H27N5O3S/c1-2-24-18(16-6-4-12-27-16)20-21-19(24)28-14-17(25)23-9-7-22(8-10-23)13-15-5-3-11-26-15/h4,6,12,15H,2-3,5,7-11,13-14H2,1H3. The number of carbonyl (C=O) groups is 1. The number of hydrogen-bond acceptors (Lipinski definition) is 7. The number of rotatable bonds is 7. The largest absolute Gasteiger partial charge is 0.461 e. The van der Waals surface area contributed by atoms with E-state index < -0.39 is 0 Å². The van der Waals surface area contributed by atoms with Crippen molar-refractivity contribution < 1.29 is 13.9 Å². The number of hydrogen-bond donors (Lipinski definition) is 0. The molecule has 0 aromatic carbocycles. The lowest BCUT2D eigenvalue weighted by Crippen LogP contribution is -2.50. The molecule has 2 aliphatic heterocycles. The Kier molecular flexibility index (Phi) is 6.33. The van der Waals surface area contributed by atoms with E-state index >= 15 is 0 Å². The molecule has 2 saturated heterocycles. The van der Waals surface area contributed by atoms with Gasteiger partial charge in [-0.25, -0.2) is 0 Å². The molecule has 1 unspecified atom stereocenters. The van der Waals surface area contributed by atoms with Crippen LogP contribution in [-0.4, -0.2) is 81.7 Å². The normalized spacial score (nSPS) is 20.8. The Morgan fingerprint density at radius 2 is 2.14 bits per heavy atom. The van der Waals surface area contributed by atoms with E-state index in [1.165, 1.54) is 18.2 Å². The van der Waals surface area contributed by atoms with Gasteiger partial charge >= 0.3 is 0 Å².